The summed E-state index contributed by atoms with van der Waals surface area (Å²) in [7, 11) is 0. The van der Waals surface area contributed by atoms with Gasteiger partial charge in [0.2, 0.25) is 0 Å². The second kappa shape index (κ2) is 10.5. The van der Waals surface area contributed by atoms with Gasteiger partial charge in [-0.05, 0) is 66.5 Å². The van der Waals surface area contributed by atoms with Gasteiger partial charge in [0, 0.05) is 5.56 Å². The van der Waals surface area contributed by atoms with Gasteiger partial charge in [0.1, 0.15) is 0 Å². The van der Waals surface area contributed by atoms with E-state index in [-0.39, 0.29) is 11.3 Å². The standard InChI is InChI=1S/C31H34O4/c1-21-20-25(31(2,3)4)26(22-14-8-5-9-15-22)28(35-30(33)24-18-12-7-13-19-24)27(21)34-29(32)23-16-10-6-11-17-23/h6-7,10-13,16-20,22H,5,8-9,14-15H2,1-4H3. The van der Waals surface area contributed by atoms with Crippen LogP contribution in [0, 0.1) is 6.92 Å². The topological polar surface area (TPSA) is 52.6 Å². The van der Waals surface area contributed by atoms with Crippen molar-refractivity contribution in [3.05, 3.63) is 94.5 Å². The highest BCUT2D eigenvalue weighted by atomic mass is 16.6. The molecule has 1 aliphatic rings. The van der Waals surface area contributed by atoms with Crippen molar-refractivity contribution < 1.29 is 19.1 Å². The summed E-state index contributed by atoms with van der Waals surface area (Å²) in [6.45, 7) is 8.43. The average Bonchev–Trinajstić information content (AvgIpc) is 2.86. The Kier molecular flexibility index (Phi) is 7.39. The molecule has 0 amide bonds. The van der Waals surface area contributed by atoms with E-state index in [1.54, 1.807) is 36.4 Å². The number of aryl methyl sites for hydroxylation is 1. The van der Waals surface area contributed by atoms with Crippen LogP contribution in [0.25, 0.3) is 0 Å². The molecular weight excluding hydrogens is 436 g/mol. The van der Waals surface area contributed by atoms with Crippen molar-refractivity contribution in [1.29, 1.82) is 0 Å². The maximum Gasteiger partial charge on any atom is 0.343 e. The zero-order valence-corrected chi connectivity index (χ0v) is 21.1. The van der Waals surface area contributed by atoms with Crippen LogP contribution in [0.2, 0.25) is 0 Å². The van der Waals surface area contributed by atoms with Gasteiger partial charge >= 0.3 is 11.9 Å². The molecule has 4 nitrogen and oxygen atoms in total. The lowest BCUT2D eigenvalue weighted by molar-refractivity contribution is 0.0678. The second-order valence-electron chi connectivity index (χ2n) is 10.4. The van der Waals surface area contributed by atoms with E-state index in [0.717, 1.165) is 42.4 Å². The number of esters is 2. The molecule has 0 N–H and O–H groups in total. The molecule has 4 heteroatoms. The van der Waals surface area contributed by atoms with Gasteiger partial charge in [0.15, 0.2) is 11.5 Å². The summed E-state index contributed by atoms with van der Waals surface area (Å²) < 4.78 is 12.1. The van der Waals surface area contributed by atoms with Gasteiger partial charge in [-0.1, -0.05) is 82.5 Å². The summed E-state index contributed by atoms with van der Waals surface area (Å²) in [5.41, 5.74) is 3.65. The summed E-state index contributed by atoms with van der Waals surface area (Å²) >= 11 is 0. The molecule has 3 aromatic rings. The minimum absolute atomic E-state index is 0.173. The Labute approximate surface area is 208 Å². The number of benzene rings is 3. The molecule has 0 saturated heterocycles. The summed E-state index contributed by atoms with van der Waals surface area (Å²) in [5.74, 6) is 0.0388. The zero-order chi connectivity index (χ0) is 25.0. The number of carbonyl (C=O) groups excluding carboxylic acids is 2. The molecule has 0 heterocycles. The molecule has 1 aliphatic carbocycles. The van der Waals surface area contributed by atoms with Crippen LogP contribution < -0.4 is 9.47 Å². The zero-order valence-electron chi connectivity index (χ0n) is 21.1. The van der Waals surface area contributed by atoms with E-state index >= 15 is 0 Å². The van der Waals surface area contributed by atoms with Crippen molar-refractivity contribution in [3.63, 3.8) is 0 Å². The molecule has 3 aromatic carbocycles. The highest BCUT2D eigenvalue weighted by molar-refractivity contribution is 5.94. The molecule has 1 saturated carbocycles. The summed E-state index contributed by atoms with van der Waals surface area (Å²) in [5, 5.41) is 0. The van der Waals surface area contributed by atoms with Gasteiger partial charge in [-0.15, -0.1) is 0 Å². The van der Waals surface area contributed by atoms with E-state index in [1.165, 1.54) is 6.42 Å². The fourth-order valence-corrected chi connectivity index (χ4v) is 4.88. The molecule has 0 bridgehead atoms. The maximum absolute atomic E-state index is 13.3. The van der Waals surface area contributed by atoms with Gasteiger partial charge < -0.3 is 9.47 Å². The van der Waals surface area contributed by atoms with Crippen molar-refractivity contribution in [2.75, 3.05) is 0 Å². The normalized spacial score (nSPS) is 14.4. The molecule has 1 fully saturated rings. The predicted molar refractivity (Wildman–Crippen MR) is 139 cm³/mol. The quantitative estimate of drug-likeness (QED) is 0.282. The van der Waals surface area contributed by atoms with Crippen LogP contribution in [-0.4, -0.2) is 11.9 Å². The molecular formula is C31H34O4. The SMILES string of the molecule is Cc1cc(C(C)(C)C)c(C2CCCCC2)c(OC(=O)c2ccccc2)c1OC(=O)c1ccccc1. The Bertz CT molecular complexity index is 1180. The number of hydrogen-bond acceptors (Lipinski definition) is 4. The Morgan fingerprint density at radius 1 is 0.743 bits per heavy atom. The monoisotopic (exact) mass is 470 g/mol. The van der Waals surface area contributed by atoms with Crippen LogP contribution in [0.5, 0.6) is 11.5 Å². The van der Waals surface area contributed by atoms with Gasteiger partial charge in [-0.2, -0.15) is 0 Å². The van der Waals surface area contributed by atoms with Gasteiger partial charge in [-0.25, -0.2) is 9.59 Å². The fourth-order valence-electron chi connectivity index (χ4n) is 4.88. The maximum atomic E-state index is 13.3. The molecule has 0 atom stereocenters. The Balaban J connectivity index is 1.88. The van der Waals surface area contributed by atoms with Crippen molar-refractivity contribution >= 4 is 11.9 Å². The lowest BCUT2D eigenvalue weighted by Gasteiger charge is -2.32. The van der Waals surface area contributed by atoms with Gasteiger partial charge in [0.05, 0.1) is 11.1 Å². The minimum Gasteiger partial charge on any atom is -0.419 e. The Morgan fingerprint density at radius 3 is 1.71 bits per heavy atom. The van der Waals surface area contributed by atoms with Gasteiger partial charge in [-0.3, -0.25) is 0 Å². The Morgan fingerprint density at radius 2 is 1.23 bits per heavy atom. The highest BCUT2D eigenvalue weighted by Gasteiger charge is 2.33. The molecule has 35 heavy (non-hydrogen) atoms. The van der Waals surface area contributed by atoms with E-state index in [0.29, 0.717) is 22.6 Å². The highest BCUT2D eigenvalue weighted by Crippen LogP contribution is 2.49. The average molecular weight is 471 g/mol. The summed E-state index contributed by atoms with van der Waals surface area (Å²) in [6.07, 6.45) is 5.52. The third-order valence-electron chi connectivity index (χ3n) is 6.69. The summed E-state index contributed by atoms with van der Waals surface area (Å²) in [4.78, 5) is 26.3. The molecule has 0 aliphatic heterocycles. The van der Waals surface area contributed by atoms with Crippen molar-refractivity contribution in [2.24, 2.45) is 0 Å². The number of hydrogen-bond donors (Lipinski definition) is 0. The lowest BCUT2D eigenvalue weighted by Crippen LogP contribution is -2.22. The number of rotatable bonds is 5. The largest absolute Gasteiger partial charge is 0.419 e. The molecule has 0 aromatic heterocycles. The van der Waals surface area contributed by atoms with Crippen LogP contribution in [0.1, 0.15) is 96.2 Å². The summed E-state index contributed by atoms with van der Waals surface area (Å²) in [6, 6.07) is 20.0. The second-order valence-corrected chi connectivity index (χ2v) is 10.4. The smallest absolute Gasteiger partial charge is 0.343 e. The van der Waals surface area contributed by atoms with E-state index in [9.17, 15) is 9.59 Å². The van der Waals surface area contributed by atoms with Crippen molar-refractivity contribution in [1.82, 2.24) is 0 Å². The first-order chi connectivity index (χ1) is 16.8. The van der Waals surface area contributed by atoms with Crippen LogP contribution in [-0.2, 0) is 5.41 Å². The van der Waals surface area contributed by atoms with Crippen molar-refractivity contribution in [3.8, 4) is 11.5 Å². The van der Waals surface area contributed by atoms with E-state index in [4.69, 9.17) is 9.47 Å². The third kappa shape index (κ3) is 5.64. The molecule has 0 spiro atoms. The van der Waals surface area contributed by atoms with Crippen LogP contribution in [0.15, 0.2) is 66.7 Å². The molecule has 0 radical (unpaired) electrons. The Hall–Kier alpha value is -3.40. The van der Waals surface area contributed by atoms with Crippen LogP contribution >= 0.6 is 0 Å². The van der Waals surface area contributed by atoms with Crippen LogP contribution in [0.3, 0.4) is 0 Å². The number of carbonyl (C=O) groups is 2. The van der Waals surface area contributed by atoms with Gasteiger partial charge in [0.25, 0.3) is 0 Å². The third-order valence-corrected chi connectivity index (χ3v) is 6.69. The van der Waals surface area contributed by atoms with Crippen molar-refractivity contribution in [2.45, 2.75) is 71.1 Å². The first kappa shape index (κ1) is 24.7. The van der Waals surface area contributed by atoms with E-state index < -0.39 is 11.9 Å². The number of ether oxygens (including phenoxy) is 2. The first-order valence-electron chi connectivity index (χ1n) is 12.5. The lowest BCUT2D eigenvalue weighted by atomic mass is 9.74. The molecule has 182 valence electrons. The molecule has 0 unspecified atom stereocenters. The van der Waals surface area contributed by atoms with E-state index in [1.807, 2.05) is 31.2 Å². The molecule has 4 rings (SSSR count). The van der Waals surface area contributed by atoms with E-state index in [2.05, 4.69) is 26.8 Å². The first-order valence-corrected chi connectivity index (χ1v) is 12.5. The predicted octanol–water partition coefficient (Wildman–Crippen LogP) is 7.78. The van der Waals surface area contributed by atoms with Crippen LogP contribution in [0.4, 0.5) is 0 Å². The minimum atomic E-state index is -0.469. The fraction of sp³-hybridized carbons (Fsp3) is 0.355.